The molecule has 2 aromatic carbocycles. The molecule has 116 valence electrons. The zero-order valence-corrected chi connectivity index (χ0v) is 13.1. The summed E-state index contributed by atoms with van der Waals surface area (Å²) in [5, 5.41) is 12.2. The fourth-order valence-electron chi connectivity index (χ4n) is 2.55. The van der Waals surface area contributed by atoms with E-state index < -0.39 is 5.97 Å². The van der Waals surface area contributed by atoms with Gasteiger partial charge in [0.2, 0.25) is 0 Å². The van der Waals surface area contributed by atoms with Crippen molar-refractivity contribution in [2.24, 2.45) is 0 Å². The summed E-state index contributed by atoms with van der Waals surface area (Å²) < 4.78 is 0. The van der Waals surface area contributed by atoms with Crippen molar-refractivity contribution in [2.75, 3.05) is 5.32 Å². The summed E-state index contributed by atoms with van der Waals surface area (Å²) in [7, 11) is 0. The molecule has 1 aliphatic rings. The summed E-state index contributed by atoms with van der Waals surface area (Å²) >= 11 is 6.43. The first-order valence-electron chi connectivity index (χ1n) is 7.19. The third-order valence-electron chi connectivity index (χ3n) is 3.85. The van der Waals surface area contributed by atoms with Crippen molar-refractivity contribution in [3.8, 4) is 0 Å². The Morgan fingerprint density at radius 1 is 1.13 bits per heavy atom. The Morgan fingerprint density at radius 3 is 2.39 bits per heavy atom. The molecule has 0 radical (unpaired) electrons. The standard InChI is InChI=1S/C18H14ClNO3/c1-2-10-3-5-11(6-4-10)16(19)15-13-9-12(18(22)23)7-8-14(13)20-17(15)21/h3-9H,2H2,1H3,(H,20,21)(H,22,23)/b16-15-. The van der Waals surface area contributed by atoms with Crippen LogP contribution in [0.5, 0.6) is 0 Å². The van der Waals surface area contributed by atoms with Crippen molar-refractivity contribution in [1.82, 2.24) is 0 Å². The molecule has 2 N–H and O–H groups in total. The first kappa shape index (κ1) is 15.3. The molecule has 1 aliphatic heterocycles. The first-order valence-corrected chi connectivity index (χ1v) is 7.57. The molecular weight excluding hydrogens is 314 g/mol. The molecule has 0 bridgehead atoms. The number of amides is 1. The van der Waals surface area contributed by atoms with Gasteiger partial charge < -0.3 is 10.4 Å². The van der Waals surface area contributed by atoms with Gasteiger partial charge in [0.1, 0.15) is 0 Å². The van der Waals surface area contributed by atoms with Gasteiger partial charge in [-0.05, 0) is 35.7 Å². The Morgan fingerprint density at radius 2 is 1.78 bits per heavy atom. The van der Waals surface area contributed by atoms with Gasteiger partial charge in [-0.1, -0.05) is 42.8 Å². The smallest absolute Gasteiger partial charge is 0.335 e. The highest BCUT2D eigenvalue weighted by molar-refractivity contribution is 6.59. The molecule has 2 aromatic rings. The first-order chi connectivity index (χ1) is 11.0. The Bertz CT molecular complexity index is 838. The van der Waals surface area contributed by atoms with Crippen molar-refractivity contribution in [2.45, 2.75) is 13.3 Å². The van der Waals surface area contributed by atoms with Gasteiger partial charge in [-0.2, -0.15) is 0 Å². The molecule has 0 unspecified atom stereocenters. The molecule has 23 heavy (non-hydrogen) atoms. The normalized spacial score (nSPS) is 15.1. The lowest BCUT2D eigenvalue weighted by Crippen LogP contribution is -2.04. The van der Waals surface area contributed by atoms with Crippen LogP contribution in [0.4, 0.5) is 5.69 Å². The third kappa shape index (κ3) is 2.73. The van der Waals surface area contributed by atoms with Gasteiger partial charge in [-0.25, -0.2) is 4.79 Å². The van der Waals surface area contributed by atoms with Crippen LogP contribution in [0.15, 0.2) is 42.5 Å². The van der Waals surface area contributed by atoms with Crippen LogP contribution in [0.2, 0.25) is 0 Å². The number of hydrogen-bond donors (Lipinski definition) is 2. The Balaban J connectivity index is 2.13. The van der Waals surface area contributed by atoms with Crippen LogP contribution in [-0.4, -0.2) is 17.0 Å². The van der Waals surface area contributed by atoms with Gasteiger partial charge in [0.05, 0.1) is 16.2 Å². The molecule has 1 heterocycles. The maximum atomic E-state index is 12.2. The van der Waals surface area contributed by atoms with E-state index >= 15 is 0 Å². The quantitative estimate of drug-likeness (QED) is 0.837. The number of aromatic carboxylic acids is 1. The fraction of sp³-hybridized carbons (Fsp3) is 0.111. The number of aryl methyl sites for hydroxylation is 1. The molecule has 0 atom stereocenters. The van der Waals surface area contributed by atoms with Crippen molar-refractivity contribution in [3.05, 3.63) is 64.7 Å². The number of carboxylic acid groups (broad SMARTS) is 1. The monoisotopic (exact) mass is 327 g/mol. The average molecular weight is 328 g/mol. The summed E-state index contributed by atoms with van der Waals surface area (Å²) in [4.78, 5) is 23.4. The van der Waals surface area contributed by atoms with Gasteiger partial charge in [-0.3, -0.25) is 4.79 Å². The number of anilines is 1. The number of rotatable bonds is 3. The lowest BCUT2D eigenvalue weighted by atomic mass is 10.0. The summed E-state index contributed by atoms with van der Waals surface area (Å²) in [5.74, 6) is -1.37. The summed E-state index contributed by atoms with van der Waals surface area (Å²) in [5.41, 5.74) is 3.39. The van der Waals surface area contributed by atoms with Crippen LogP contribution in [0.1, 0.15) is 34.0 Å². The van der Waals surface area contributed by atoms with E-state index in [-0.39, 0.29) is 11.5 Å². The second-order valence-corrected chi connectivity index (χ2v) is 5.64. The molecule has 0 aliphatic carbocycles. The lowest BCUT2D eigenvalue weighted by molar-refractivity contribution is -0.110. The zero-order chi connectivity index (χ0) is 16.6. The highest BCUT2D eigenvalue weighted by Gasteiger charge is 2.28. The van der Waals surface area contributed by atoms with E-state index in [0.29, 0.717) is 21.9 Å². The van der Waals surface area contributed by atoms with Crippen molar-refractivity contribution in [1.29, 1.82) is 0 Å². The molecular formula is C18H14ClNO3. The summed E-state index contributed by atoms with van der Waals surface area (Å²) in [6.07, 6.45) is 0.916. The zero-order valence-electron chi connectivity index (χ0n) is 12.4. The van der Waals surface area contributed by atoms with Gasteiger partial charge in [-0.15, -0.1) is 0 Å². The number of hydrogen-bond acceptors (Lipinski definition) is 2. The van der Waals surface area contributed by atoms with Gasteiger partial charge in [0, 0.05) is 11.3 Å². The largest absolute Gasteiger partial charge is 0.478 e. The fourth-order valence-corrected chi connectivity index (χ4v) is 2.86. The number of nitrogens with one attached hydrogen (secondary N) is 1. The molecule has 0 aromatic heterocycles. The van der Waals surface area contributed by atoms with Gasteiger partial charge in [0.15, 0.2) is 0 Å². The number of carboxylic acids is 1. The lowest BCUT2D eigenvalue weighted by Gasteiger charge is -2.06. The number of benzene rings is 2. The average Bonchev–Trinajstić information content (AvgIpc) is 2.89. The molecule has 4 nitrogen and oxygen atoms in total. The van der Waals surface area contributed by atoms with Crippen LogP contribution < -0.4 is 5.32 Å². The Labute approximate surface area is 138 Å². The molecule has 0 fully saturated rings. The highest BCUT2D eigenvalue weighted by Crippen LogP contribution is 2.39. The van der Waals surface area contributed by atoms with Gasteiger partial charge in [0.25, 0.3) is 5.91 Å². The van der Waals surface area contributed by atoms with Crippen molar-refractivity contribution < 1.29 is 14.7 Å². The van der Waals surface area contributed by atoms with Crippen LogP contribution in [0.3, 0.4) is 0 Å². The van der Waals surface area contributed by atoms with Crippen LogP contribution in [0, 0.1) is 0 Å². The number of fused-ring (bicyclic) bond motifs is 1. The van der Waals surface area contributed by atoms with E-state index in [1.54, 1.807) is 6.07 Å². The van der Waals surface area contributed by atoms with E-state index in [1.165, 1.54) is 17.7 Å². The number of carbonyl (C=O) groups excluding carboxylic acids is 1. The predicted octanol–water partition coefficient (Wildman–Crippen LogP) is 4.01. The maximum absolute atomic E-state index is 12.2. The van der Waals surface area contributed by atoms with Crippen LogP contribution >= 0.6 is 11.6 Å². The summed E-state index contributed by atoms with van der Waals surface area (Å²) in [6, 6.07) is 12.1. The van der Waals surface area contributed by atoms with Crippen LogP contribution in [-0.2, 0) is 11.2 Å². The number of halogens is 1. The second kappa shape index (κ2) is 5.89. The van der Waals surface area contributed by atoms with Crippen molar-refractivity contribution in [3.63, 3.8) is 0 Å². The maximum Gasteiger partial charge on any atom is 0.335 e. The third-order valence-corrected chi connectivity index (χ3v) is 4.25. The molecule has 0 saturated heterocycles. The minimum absolute atomic E-state index is 0.114. The highest BCUT2D eigenvalue weighted by atomic mass is 35.5. The van der Waals surface area contributed by atoms with Gasteiger partial charge >= 0.3 is 5.97 Å². The molecule has 3 rings (SSSR count). The van der Waals surface area contributed by atoms with E-state index in [1.807, 2.05) is 24.3 Å². The summed E-state index contributed by atoms with van der Waals surface area (Å²) in [6.45, 7) is 2.06. The predicted molar refractivity (Wildman–Crippen MR) is 90.5 cm³/mol. The van der Waals surface area contributed by atoms with E-state index in [2.05, 4.69) is 12.2 Å². The second-order valence-electron chi connectivity index (χ2n) is 5.26. The number of carbonyl (C=O) groups is 2. The Kier molecular flexibility index (Phi) is 3.92. The van der Waals surface area contributed by atoms with Crippen molar-refractivity contribution >= 4 is 39.8 Å². The molecule has 0 saturated carbocycles. The molecule has 5 heteroatoms. The van der Waals surface area contributed by atoms with E-state index in [4.69, 9.17) is 16.7 Å². The topological polar surface area (TPSA) is 66.4 Å². The Hall–Kier alpha value is -2.59. The molecule has 1 amide bonds. The van der Waals surface area contributed by atoms with Crippen LogP contribution in [0.25, 0.3) is 10.6 Å². The molecule has 0 spiro atoms. The van der Waals surface area contributed by atoms with E-state index in [9.17, 15) is 9.59 Å². The SMILES string of the molecule is CCc1ccc(/C(Cl)=C2/C(=O)Nc3ccc(C(=O)O)cc32)cc1. The van der Waals surface area contributed by atoms with E-state index in [0.717, 1.165) is 12.0 Å². The minimum Gasteiger partial charge on any atom is -0.478 e. The minimum atomic E-state index is -1.05.